The van der Waals surface area contributed by atoms with E-state index in [1.54, 1.807) is 6.07 Å². The summed E-state index contributed by atoms with van der Waals surface area (Å²) in [7, 11) is 0. The lowest BCUT2D eigenvalue weighted by Gasteiger charge is -2.35. The maximum atomic E-state index is 12.1. The predicted octanol–water partition coefficient (Wildman–Crippen LogP) is 1.35. The number of carbonyl (C=O) groups excluding carboxylic acids is 2. The van der Waals surface area contributed by atoms with E-state index in [1.165, 1.54) is 0 Å². The minimum atomic E-state index is -0.654. The number of para-hydroxylation sites is 1. The maximum absolute atomic E-state index is 12.1. The SMILES string of the molecule is CC[C@@]1(c2ccccc2N)CCC(=O)NC1=O. The average Bonchev–Trinajstić information content (AvgIpc) is 2.31. The van der Waals surface area contributed by atoms with Crippen molar-refractivity contribution in [1.82, 2.24) is 5.32 Å². The Labute approximate surface area is 100 Å². The van der Waals surface area contributed by atoms with Crippen LogP contribution in [0.5, 0.6) is 0 Å². The van der Waals surface area contributed by atoms with Crippen LogP contribution in [0.25, 0.3) is 0 Å². The number of imide groups is 1. The second kappa shape index (κ2) is 4.20. The second-order valence-corrected chi connectivity index (χ2v) is 4.40. The highest BCUT2D eigenvalue weighted by Gasteiger charge is 2.43. The van der Waals surface area contributed by atoms with Gasteiger partial charge in [-0.2, -0.15) is 0 Å². The topological polar surface area (TPSA) is 72.2 Å². The molecule has 2 amide bonds. The maximum Gasteiger partial charge on any atom is 0.237 e. The molecule has 0 aliphatic carbocycles. The van der Waals surface area contributed by atoms with Crippen molar-refractivity contribution in [2.45, 2.75) is 31.6 Å². The van der Waals surface area contributed by atoms with Crippen molar-refractivity contribution in [3.05, 3.63) is 29.8 Å². The van der Waals surface area contributed by atoms with Crippen LogP contribution in [-0.2, 0) is 15.0 Å². The first-order valence-corrected chi connectivity index (χ1v) is 5.79. The van der Waals surface area contributed by atoms with E-state index in [4.69, 9.17) is 5.73 Å². The van der Waals surface area contributed by atoms with Gasteiger partial charge < -0.3 is 5.73 Å². The molecule has 1 atom stereocenters. The highest BCUT2D eigenvalue weighted by molar-refractivity contribution is 6.04. The van der Waals surface area contributed by atoms with Gasteiger partial charge in [0.1, 0.15) is 0 Å². The summed E-state index contributed by atoms with van der Waals surface area (Å²) in [5, 5.41) is 2.41. The smallest absolute Gasteiger partial charge is 0.237 e. The molecule has 1 aliphatic heterocycles. The van der Waals surface area contributed by atoms with Crippen molar-refractivity contribution in [3.63, 3.8) is 0 Å². The van der Waals surface area contributed by atoms with Crippen molar-refractivity contribution in [3.8, 4) is 0 Å². The van der Waals surface area contributed by atoms with Crippen LogP contribution < -0.4 is 11.1 Å². The summed E-state index contributed by atoms with van der Waals surface area (Å²) >= 11 is 0. The summed E-state index contributed by atoms with van der Waals surface area (Å²) in [6.07, 6.45) is 1.54. The zero-order valence-corrected chi connectivity index (χ0v) is 9.82. The molecule has 1 aromatic carbocycles. The molecule has 1 saturated heterocycles. The third kappa shape index (κ3) is 1.79. The number of nitrogen functional groups attached to an aromatic ring is 1. The van der Waals surface area contributed by atoms with Gasteiger partial charge in [0.25, 0.3) is 0 Å². The Morgan fingerprint density at radius 2 is 2.06 bits per heavy atom. The minimum absolute atomic E-state index is 0.200. The van der Waals surface area contributed by atoms with Crippen LogP contribution in [0.3, 0.4) is 0 Å². The molecule has 1 aliphatic rings. The van der Waals surface area contributed by atoms with Gasteiger partial charge in [0.15, 0.2) is 0 Å². The lowest BCUT2D eigenvalue weighted by molar-refractivity contribution is -0.138. The minimum Gasteiger partial charge on any atom is -0.398 e. The summed E-state index contributed by atoms with van der Waals surface area (Å²) in [6, 6.07) is 7.37. The van der Waals surface area contributed by atoms with Crippen LogP contribution in [0.4, 0.5) is 5.69 Å². The Bertz CT molecular complexity index is 470. The molecule has 17 heavy (non-hydrogen) atoms. The highest BCUT2D eigenvalue weighted by atomic mass is 16.2. The Morgan fingerprint density at radius 1 is 1.35 bits per heavy atom. The fraction of sp³-hybridized carbons (Fsp3) is 0.385. The quantitative estimate of drug-likeness (QED) is 0.597. The Balaban J connectivity index is 2.48. The molecule has 0 radical (unpaired) electrons. The summed E-state index contributed by atoms with van der Waals surface area (Å²) in [6.45, 7) is 1.95. The first kappa shape index (κ1) is 11.6. The molecular weight excluding hydrogens is 216 g/mol. The summed E-state index contributed by atoms with van der Waals surface area (Å²) in [5.74, 6) is -0.428. The first-order chi connectivity index (χ1) is 8.10. The van der Waals surface area contributed by atoms with E-state index in [0.29, 0.717) is 24.9 Å². The van der Waals surface area contributed by atoms with Crippen LogP contribution >= 0.6 is 0 Å². The molecule has 3 N–H and O–H groups in total. The number of rotatable bonds is 2. The fourth-order valence-corrected chi connectivity index (χ4v) is 2.47. The standard InChI is InChI=1S/C13H16N2O2/c1-2-13(8-7-11(16)15-12(13)17)9-5-3-4-6-10(9)14/h3-6H,2,7-8,14H2,1H3,(H,15,16,17)/t13-/m0/s1. The van der Waals surface area contributed by atoms with E-state index in [9.17, 15) is 9.59 Å². The number of amides is 2. The van der Waals surface area contributed by atoms with Crippen LogP contribution in [0.1, 0.15) is 31.7 Å². The molecule has 0 bridgehead atoms. The molecule has 4 nitrogen and oxygen atoms in total. The number of carbonyl (C=O) groups is 2. The van der Waals surface area contributed by atoms with Gasteiger partial charge in [-0.3, -0.25) is 14.9 Å². The molecule has 1 fully saturated rings. The monoisotopic (exact) mass is 232 g/mol. The van der Waals surface area contributed by atoms with Crippen molar-refractivity contribution in [2.24, 2.45) is 0 Å². The molecule has 0 spiro atoms. The summed E-state index contributed by atoms with van der Waals surface area (Å²) in [4.78, 5) is 23.4. The summed E-state index contributed by atoms with van der Waals surface area (Å²) in [5.41, 5.74) is 6.73. The number of piperidine rings is 1. The largest absolute Gasteiger partial charge is 0.398 e. The van der Waals surface area contributed by atoms with Crippen LogP contribution in [0.15, 0.2) is 24.3 Å². The van der Waals surface area contributed by atoms with Gasteiger partial charge in [0, 0.05) is 12.1 Å². The molecule has 90 valence electrons. The van der Waals surface area contributed by atoms with E-state index in [1.807, 2.05) is 25.1 Å². The number of nitrogens with one attached hydrogen (secondary N) is 1. The van der Waals surface area contributed by atoms with E-state index in [0.717, 1.165) is 5.56 Å². The van der Waals surface area contributed by atoms with Gasteiger partial charge in [-0.15, -0.1) is 0 Å². The number of benzene rings is 1. The van der Waals surface area contributed by atoms with Crippen LogP contribution in [0.2, 0.25) is 0 Å². The third-order valence-corrected chi connectivity index (χ3v) is 3.55. The van der Waals surface area contributed by atoms with Crippen LogP contribution in [0, 0.1) is 0 Å². The van der Waals surface area contributed by atoms with Crippen molar-refractivity contribution in [1.29, 1.82) is 0 Å². The number of nitrogens with two attached hydrogens (primary N) is 1. The number of anilines is 1. The molecule has 4 heteroatoms. The van der Waals surface area contributed by atoms with Crippen molar-refractivity contribution < 1.29 is 9.59 Å². The van der Waals surface area contributed by atoms with E-state index >= 15 is 0 Å². The lowest BCUT2D eigenvalue weighted by atomic mass is 9.71. The van der Waals surface area contributed by atoms with Gasteiger partial charge in [-0.1, -0.05) is 25.1 Å². The third-order valence-electron chi connectivity index (χ3n) is 3.55. The van der Waals surface area contributed by atoms with E-state index in [2.05, 4.69) is 5.32 Å². The molecule has 2 rings (SSSR count). The first-order valence-electron chi connectivity index (χ1n) is 5.79. The van der Waals surface area contributed by atoms with E-state index in [-0.39, 0.29) is 11.8 Å². The van der Waals surface area contributed by atoms with Gasteiger partial charge in [0.2, 0.25) is 11.8 Å². The zero-order valence-electron chi connectivity index (χ0n) is 9.82. The predicted molar refractivity (Wildman–Crippen MR) is 65.2 cm³/mol. The molecule has 1 heterocycles. The lowest BCUT2D eigenvalue weighted by Crippen LogP contribution is -2.51. The molecular formula is C13H16N2O2. The Hall–Kier alpha value is -1.84. The zero-order chi connectivity index (χ0) is 12.5. The fourth-order valence-electron chi connectivity index (χ4n) is 2.47. The molecule has 1 aromatic rings. The average molecular weight is 232 g/mol. The Kier molecular flexibility index (Phi) is 2.88. The highest BCUT2D eigenvalue weighted by Crippen LogP contribution is 2.38. The van der Waals surface area contributed by atoms with Crippen molar-refractivity contribution in [2.75, 3.05) is 5.73 Å². The van der Waals surface area contributed by atoms with E-state index < -0.39 is 5.41 Å². The van der Waals surface area contributed by atoms with Gasteiger partial charge >= 0.3 is 0 Å². The van der Waals surface area contributed by atoms with Gasteiger partial charge in [-0.25, -0.2) is 0 Å². The molecule has 0 aromatic heterocycles. The Morgan fingerprint density at radius 3 is 2.65 bits per heavy atom. The van der Waals surface area contributed by atoms with Crippen molar-refractivity contribution >= 4 is 17.5 Å². The number of hydrogen-bond donors (Lipinski definition) is 2. The molecule has 0 saturated carbocycles. The molecule has 0 unspecified atom stereocenters. The second-order valence-electron chi connectivity index (χ2n) is 4.40. The summed E-state index contributed by atoms with van der Waals surface area (Å²) < 4.78 is 0. The normalized spacial score (nSPS) is 24.5. The number of hydrogen-bond acceptors (Lipinski definition) is 3. The van der Waals surface area contributed by atoms with Gasteiger partial charge in [0.05, 0.1) is 5.41 Å². The van der Waals surface area contributed by atoms with Crippen LogP contribution in [-0.4, -0.2) is 11.8 Å². The van der Waals surface area contributed by atoms with Gasteiger partial charge in [-0.05, 0) is 24.5 Å².